The third kappa shape index (κ3) is 1.46. The highest BCUT2D eigenvalue weighted by Gasteiger charge is 2.24. The summed E-state index contributed by atoms with van der Waals surface area (Å²) in [6.45, 7) is 3.42. The van der Waals surface area contributed by atoms with Gasteiger partial charge in [-0.15, -0.1) is 0 Å². The third-order valence-corrected chi connectivity index (χ3v) is 3.27. The number of benzene rings is 1. The molecule has 16 heavy (non-hydrogen) atoms. The average molecular weight is 217 g/mol. The number of carbonyl (C=O) groups excluding carboxylic acids is 1. The number of carbonyl (C=O) groups is 1. The highest BCUT2D eigenvalue weighted by molar-refractivity contribution is 5.95. The fourth-order valence-electron chi connectivity index (χ4n) is 2.45. The van der Waals surface area contributed by atoms with Crippen LogP contribution in [0.15, 0.2) is 18.2 Å². The van der Waals surface area contributed by atoms with Crippen molar-refractivity contribution in [3.63, 3.8) is 0 Å². The Morgan fingerprint density at radius 1 is 1.25 bits per heavy atom. The molecule has 2 heterocycles. The summed E-state index contributed by atoms with van der Waals surface area (Å²) in [5.74, 6) is 0. The fraction of sp³-hybridized carbons (Fsp3) is 0.417. The third-order valence-electron chi connectivity index (χ3n) is 3.27. The van der Waals surface area contributed by atoms with Crippen LogP contribution in [0.25, 0.3) is 0 Å². The van der Waals surface area contributed by atoms with Crippen molar-refractivity contribution >= 4 is 11.7 Å². The van der Waals surface area contributed by atoms with Crippen LogP contribution in [-0.4, -0.2) is 25.7 Å². The van der Waals surface area contributed by atoms with Gasteiger partial charge in [0, 0.05) is 19.6 Å². The average Bonchev–Trinajstić information content (AvgIpc) is 2.75. The van der Waals surface area contributed by atoms with Crippen LogP contribution in [0.5, 0.6) is 0 Å². The number of rotatable bonds is 1. The molecule has 1 saturated heterocycles. The first-order valence-electron chi connectivity index (χ1n) is 5.73. The summed E-state index contributed by atoms with van der Waals surface area (Å²) in [6.07, 6.45) is 1.05. The molecule has 0 saturated carbocycles. The second-order valence-corrected chi connectivity index (χ2v) is 4.23. The van der Waals surface area contributed by atoms with Crippen molar-refractivity contribution in [3.8, 4) is 0 Å². The quantitative estimate of drug-likeness (QED) is 0.733. The Labute approximate surface area is 94.6 Å². The molecular formula is C12H15N3O. The molecule has 0 spiro atoms. The van der Waals surface area contributed by atoms with Crippen LogP contribution in [-0.2, 0) is 13.0 Å². The number of urea groups is 1. The molecule has 0 unspecified atom stereocenters. The molecule has 2 amide bonds. The smallest absolute Gasteiger partial charge is 0.322 e. The molecule has 1 fully saturated rings. The zero-order chi connectivity index (χ0) is 11.0. The SMILES string of the molecule is O=C1NCCN1c1cccc2c1CNCC2. The van der Waals surface area contributed by atoms with Gasteiger partial charge in [0.15, 0.2) is 0 Å². The van der Waals surface area contributed by atoms with Gasteiger partial charge in [0.05, 0.1) is 5.69 Å². The fourth-order valence-corrected chi connectivity index (χ4v) is 2.45. The second-order valence-electron chi connectivity index (χ2n) is 4.23. The lowest BCUT2D eigenvalue weighted by molar-refractivity contribution is 0.252. The molecule has 0 bridgehead atoms. The van der Waals surface area contributed by atoms with Gasteiger partial charge >= 0.3 is 6.03 Å². The lowest BCUT2D eigenvalue weighted by Crippen LogP contribution is -2.31. The number of fused-ring (bicyclic) bond motifs is 1. The monoisotopic (exact) mass is 217 g/mol. The molecule has 4 heteroatoms. The molecule has 2 aliphatic heterocycles. The standard InChI is InChI=1S/C12H15N3O/c16-12-14-6-7-15(12)11-3-1-2-9-4-5-13-8-10(9)11/h1-3,13H,4-8H2,(H,14,16). The first-order valence-corrected chi connectivity index (χ1v) is 5.73. The number of hydrogen-bond donors (Lipinski definition) is 2. The van der Waals surface area contributed by atoms with E-state index in [1.807, 2.05) is 17.0 Å². The highest BCUT2D eigenvalue weighted by Crippen LogP contribution is 2.27. The Hall–Kier alpha value is -1.55. The molecule has 0 aromatic heterocycles. The normalized spacial score (nSPS) is 19.5. The van der Waals surface area contributed by atoms with Crippen molar-refractivity contribution in [2.75, 3.05) is 24.5 Å². The van der Waals surface area contributed by atoms with Crippen LogP contribution in [0.1, 0.15) is 11.1 Å². The Bertz CT molecular complexity index is 430. The van der Waals surface area contributed by atoms with Crippen LogP contribution in [0.4, 0.5) is 10.5 Å². The van der Waals surface area contributed by atoms with E-state index in [0.29, 0.717) is 0 Å². The lowest BCUT2D eigenvalue weighted by Gasteiger charge is -2.24. The Morgan fingerprint density at radius 2 is 2.19 bits per heavy atom. The van der Waals surface area contributed by atoms with Crippen molar-refractivity contribution in [2.24, 2.45) is 0 Å². The van der Waals surface area contributed by atoms with E-state index in [1.165, 1.54) is 11.1 Å². The molecule has 2 N–H and O–H groups in total. The maximum atomic E-state index is 11.7. The summed E-state index contributed by atoms with van der Waals surface area (Å²) in [5.41, 5.74) is 3.72. The first-order chi connectivity index (χ1) is 7.86. The van der Waals surface area contributed by atoms with E-state index in [1.54, 1.807) is 0 Å². The van der Waals surface area contributed by atoms with Crippen LogP contribution in [0, 0.1) is 0 Å². The second kappa shape index (κ2) is 3.79. The van der Waals surface area contributed by atoms with Gasteiger partial charge in [-0.1, -0.05) is 12.1 Å². The molecule has 1 aromatic carbocycles. The molecule has 0 aliphatic carbocycles. The van der Waals surface area contributed by atoms with Crippen molar-refractivity contribution in [1.29, 1.82) is 0 Å². The van der Waals surface area contributed by atoms with Crippen LogP contribution >= 0.6 is 0 Å². The maximum absolute atomic E-state index is 11.7. The predicted octanol–water partition coefficient (Wildman–Crippen LogP) is 0.862. The van der Waals surface area contributed by atoms with Gasteiger partial charge in [0.25, 0.3) is 0 Å². The van der Waals surface area contributed by atoms with Gasteiger partial charge < -0.3 is 10.6 Å². The number of anilines is 1. The number of nitrogens with one attached hydrogen (secondary N) is 2. The Morgan fingerprint density at radius 3 is 3.00 bits per heavy atom. The van der Waals surface area contributed by atoms with E-state index in [-0.39, 0.29) is 6.03 Å². The molecule has 3 rings (SSSR count). The molecule has 84 valence electrons. The van der Waals surface area contributed by atoms with Crippen molar-refractivity contribution in [2.45, 2.75) is 13.0 Å². The summed E-state index contributed by atoms with van der Waals surface area (Å²) >= 11 is 0. The summed E-state index contributed by atoms with van der Waals surface area (Å²) < 4.78 is 0. The minimum absolute atomic E-state index is 0.0268. The Balaban J connectivity index is 2.03. The topological polar surface area (TPSA) is 44.4 Å². The largest absolute Gasteiger partial charge is 0.336 e. The van der Waals surface area contributed by atoms with E-state index in [4.69, 9.17) is 0 Å². The van der Waals surface area contributed by atoms with Crippen molar-refractivity contribution < 1.29 is 4.79 Å². The highest BCUT2D eigenvalue weighted by atomic mass is 16.2. The maximum Gasteiger partial charge on any atom is 0.322 e. The first kappa shape index (κ1) is 9.66. The van der Waals surface area contributed by atoms with Crippen LogP contribution < -0.4 is 15.5 Å². The van der Waals surface area contributed by atoms with E-state index in [9.17, 15) is 4.79 Å². The zero-order valence-electron chi connectivity index (χ0n) is 9.12. The van der Waals surface area contributed by atoms with Gasteiger partial charge in [-0.3, -0.25) is 4.90 Å². The minimum atomic E-state index is 0.0268. The molecule has 1 aromatic rings. The lowest BCUT2D eigenvalue weighted by atomic mass is 9.99. The molecule has 2 aliphatic rings. The molecule has 0 radical (unpaired) electrons. The summed E-state index contributed by atoms with van der Waals surface area (Å²) in [6, 6.07) is 6.27. The van der Waals surface area contributed by atoms with Gasteiger partial charge in [-0.25, -0.2) is 4.79 Å². The minimum Gasteiger partial charge on any atom is -0.336 e. The van der Waals surface area contributed by atoms with Gasteiger partial charge in [0.1, 0.15) is 0 Å². The van der Waals surface area contributed by atoms with E-state index >= 15 is 0 Å². The summed E-state index contributed by atoms with van der Waals surface area (Å²) in [5, 5.41) is 6.20. The zero-order valence-corrected chi connectivity index (χ0v) is 9.12. The van der Waals surface area contributed by atoms with E-state index in [2.05, 4.69) is 16.7 Å². The number of nitrogens with zero attached hydrogens (tertiary/aromatic N) is 1. The van der Waals surface area contributed by atoms with Crippen molar-refractivity contribution in [3.05, 3.63) is 29.3 Å². The van der Waals surface area contributed by atoms with Gasteiger partial charge in [0.2, 0.25) is 0 Å². The predicted molar refractivity (Wildman–Crippen MR) is 62.6 cm³/mol. The summed E-state index contributed by atoms with van der Waals surface area (Å²) in [7, 11) is 0. The van der Waals surface area contributed by atoms with E-state index < -0.39 is 0 Å². The number of amides is 2. The molecule has 0 atom stereocenters. The molecular weight excluding hydrogens is 202 g/mol. The van der Waals surface area contributed by atoms with E-state index in [0.717, 1.165) is 38.3 Å². The Kier molecular flexibility index (Phi) is 2.29. The van der Waals surface area contributed by atoms with Crippen LogP contribution in [0.3, 0.4) is 0 Å². The molecule has 4 nitrogen and oxygen atoms in total. The van der Waals surface area contributed by atoms with Crippen molar-refractivity contribution in [1.82, 2.24) is 10.6 Å². The van der Waals surface area contributed by atoms with Gasteiger partial charge in [-0.2, -0.15) is 0 Å². The van der Waals surface area contributed by atoms with Gasteiger partial charge in [-0.05, 0) is 30.2 Å². The summed E-state index contributed by atoms with van der Waals surface area (Å²) in [4.78, 5) is 13.5. The number of hydrogen-bond acceptors (Lipinski definition) is 2. The van der Waals surface area contributed by atoms with Crippen LogP contribution in [0.2, 0.25) is 0 Å².